The molecular formula is C11H15ClN2O4S. The maximum absolute atomic E-state index is 11.8. The Bertz CT molecular complexity index is 516. The monoisotopic (exact) mass is 306 g/mol. The van der Waals surface area contributed by atoms with E-state index in [2.05, 4.69) is 4.72 Å². The minimum absolute atomic E-state index is 0.0624. The second-order valence-corrected chi connectivity index (χ2v) is 5.73. The largest absolute Gasteiger partial charge is 0.370 e. The van der Waals surface area contributed by atoms with Crippen LogP contribution in [0.25, 0.3) is 0 Å². The third-order valence-electron chi connectivity index (χ3n) is 2.17. The topological polar surface area (TPSA) is 98.5 Å². The molecule has 0 saturated heterocycles. The smallest absolute Gasteiger partial charge is 0.243 e. The van der Waals surface area contributed by atoms with Crippen molar-refractivity contribution < 1.29 is 17.9 Å². The van der Waals surface area contributed by atoms with Gasteiger partial charge < -0.3 is 10.5 Å². The number of hydrogen-bond acceptors (Lipinski definition) is 4. The quantitative estimate of drug-likeness (QED) is 0.529. The highest BCUT2D eigenvalue weighted by Crippen LogP contribution is 2.11. The van der Waals surface area contributed by atoms with Crippen LogP contribution >= 0.6 is 11.6 Å². The van der Waals surface area contributed by atoms with E-state index < -0.39 is 15.9 Å². The molecule has 1 aromatic carbocycles. The molecule has 0 aliphatic carbocycles. The number of nitrogens with two attached hydrogens (primary N) is 1. The molecule has 0 saturated carbocycles. The van der Waals surface area contributed by atoms with E-state index in [-0.39, 0.29) is 24.7 Å². The summed E-state index contributed by atoms with van der Waals surface area (Å²) in [5.74, 6) is -0.270. The zero-order valence-electron chi connectivity index (χ0n) is 10.1. The molecular weight excluding hydrogens is 292 g/mol. The number of carbonyl (C=O) groups is 1. The Balaban J connectivity index is 2.48. The molecule has 1 amide bonds. The van der Waals surface area contributed by atoms with Crippen LogP contribution in [0, 0.1) is 0 Å². The van der Waals surface area contributed by atoms with Gasteiger partial charge in [-0.1, -0.05) is 12.1 Å². The molecule has 1 rings (SSSR count). The van der Waals surface area contributed by atoms with Crippen LogP contribution in [-0.4, -0.2) is 34.1 Å². The van der Waals surface area contributed by atoms with Crippen molar-refractivity contribution in [3.63, 3.8) is 0 Å². The first-order valence-electron chi connectivity index (χ1n) is 5.46. The van der Waals surface area contributed by atoms with E-state index in [0.29, 0.717) is 5.88 Å². The lowest BCUT2D eigenvalue weighted by atomic mass is 10.2. The molecule has 0 radical (unpaired) electrons. The summed E-state index contributed by atoms with van der Waals surface area (Å²) in [6.45, 7) is -0.0963. The zero-order valence-corrected chi connectivity index (χ0v) is 11.7. The SMILES string of the molecule is NC(=O)COCCNS(=O)(=O)c1ccc(CCl)cc1. The number of nitrogens with one attached hydrogen (secondary N) is 1. The Labute approximate surface area is 116 Å². The Morgan fingerprint density at radius 1 is 1.32 bits per heavy atom. The number of hydrogen-bond donors (Lipinski definition) is 2. The molecule has 0 aromatic heterocycles. The van der Waals surface area contributed by atoms with E-state index in [9.17, 15) is 13.2 Å². The van der Waals surface area contributed by atoms with Crippen LogP contribution in [0.4, 0.5) is 0 Å². The molecule has 19 heavy (non-hydrogen) atoms. The number of alkyl halides is 1. The highest BCUT2D eigenvalue weighted by Gasteiger charge is 2.12. The zero-order chi connectivity index (χ0) is 14.3. The molecule has 0 heterocycles. The summed E-state index contributed by atoms with van der Waals surface area (Å²) in [5, 5.41) is 0. The number of carbonyl (C=O) groups excluding carboxylic acids is 1. The van der Waals surface area contributed by atoms with Crippen LogP contribution in [0.5, 0.6) is 0 Å². The Morgan fingerprint density at radius 2 is 1.95 bits per heavy atom. The standard InChI is InChI=1S/C11H15ClN2O4S/c12-7-9-1-3-10(4-2-9)19(16,17)14-5-6-18-8-11(13)15/h1-4,14H,5-8H2,(H2,13,15). The molecule has 0 spiro atoms. The Hall–Kier alpha value is -1.15. The maximum atomic E-state index is 11.8. The van der Waals surface area contributed by atoms with E-state index in [0.717, 1.165) is 5.56 Å². The summed E-state index contributed by atoms with van der Waals surface area (Å²) < 4.78 is 30.9. The number of ether oxygens (including phenoxy) is 1. The van der Waals surface area contributed by atoms with Gasteiger partial charge in [0.2, 0.25) is 15.9 Å². The highest BCUT2D eigenvalue weighted by atomic mass is 35.5. The average molecular weight is 307 g/mol. The van der Waals surface area contributed by atoms with Crippen molar-refractivity contribution in [1.82, 2.24) is 4.72 Å². The lowest BCUT2D eigenvalue weighted by Crippen LogP contribution is -2.29. The molecule has 6 nitrogen and oxygen atoms in total. The van der Waals surface area contributed by atoms with Crippen molar-refractivity contribution in [2.75, 3.05) is 19.8 Å². The molecule has 0 atom stereocenters. The first-order valence-corrected chi connectivity index (χ1v) is 7.48. The maximum Gasteiger partial charge on any atom is 0.243 e. The van der Waals surface area contributed by atoms with E-state index in [1.54, 1.807) is 12.1 Å². The van der Waals surface area contributed by atoms with Gasteiger partial charge in [0, 0.05) is 12.4 Å². The fraction of sp³-hybridized carbons (Fsp3) is 0.364. The predicted molar refractivity (Wildman–Crippen MR) is 71.2 cm³/mol. The van der Waals surface area contributed by atoms with Gasteiger partial charge in [0.05, 0.1) is 11.5 Å². The minimum Gasteiger partial charge on any atom is -0.370 e. The third kappa shape index (κ3) is 5.56. The predicted octanol–water partition coefficient (Wildman–Crippen LogP) is 0.206. The van der Waals surface area contributed by atoms with Crippen molar-refractivity contribution in [2.24, 2.45) is 5.73 Å². The molecule has 0 aliphatic rings. The van der Waals surface area contributed by atoms with Crippen LogP contribution < -0.4 is 10.5 Å². The molecule has 0 bridgehead atoms. The van der Waals surface area contributed by atoms with Gasteiger partial charge in [0.25, 0.3) is 0 Å². The summed E-state index contributed by atoms with van der Waals surface area (Å²) in [5.41, 5.74) is 5.70. The fourth-order valence-electron chi connectivity index (χ4n) is 1.26. The number of benzene rings is 1. The molecule has 0 unspecified atom stereocenters. The molecule has 0 aliphatic heterocycles. The summed E-state index contributed by atoms with van der Waals surface area (Å²) in [7, 11) is -3.58. The van der Waals surface area contributed by atoms with Gasteiger partial charge >= 0.3 is 0 Å². The summed E-state index contributed by atoms with van der Waals surface area (Å²) in [4.78, 5) is 10.5. The molecule has 3 N–H and O–H groups in total. The van der Waals surface area contributed by atoms with Crippen molar-refractivity contribution in [2.45, 2.75) is 10.8 Å². The Morgan fingerprint density at radius 3 is 2.47 bits per heavy atom. The van der Waals surface area contributed by atoms with Gasteiger partial charge in [-0.25, -0.2) is 13.1 Å². The van der Waals surface area contributed by atoms with E-state index >= 15 is 0 Å². The van der Waals surface area contributed by atoms with Crippen LogP contribution in [0.3, 0.4) is 0 Å². The first kappa shape index (κ1) is 15.9. The van der Waals surface area contributed by atoms with E-state index in [1.807, 2.05) is 0 Å². The van der Waals surface area contributed by atoms with Gasteiger partial charge in [0.1, 0.15) is 6.61 Å². The van der Waals surface area contributed by atoms with Crippen LogP contribution in [-0.2, 0) is 25.4 Å². The number of amides is 1. The van der Waals surface area contributed by atoms with E-state index in [4.69, 9.17) is 22.1 Å². The van der Waals surface area contributed by atoms with Crippen molar-refractivity contribution in [1.29, 1.82) is 0 Å². The van der Waals surface area contributed by atoms with Gasteiger partial charge in [-0.05, 0) is 17.7 Å². The molecule has 1 aromatic rings. The van der Waals surface area contributed by atoms with Gasteiger partial charge in [-0.15, -0.1) is 11.6 Å². The van der Waals surface area contributed by atoms with E-state index in [1.165, 1.54) is 12.1 Å². The number of sulfonamides is 1. The van der Waals surface area contributed by atoms with Crippen LogP contribution in [0.2, 0.25) is 0 Å². The number of halogens is 1. The van der Waals surface area contributed by atoms with Crippen molar-refractivity contribution >= 4 is 27.5 Å². The van der Waals surface area contributed by atoms with Gasteiger partial charge in [-0.2, -0.15) is 0 Å². The summed E-state index contributed by atoms with van der Waals surface area (Å²) in [6.07, 6.45) is 0. The second kappa shape index (κ2) is 7.44. The van der Waals surface area contributed by atoms with Crippen molar-refractivity contribution in [3.8, 4) is 0 Å². The first-order chi connectivity index (χ1) is 8.95. The van der Waals surface area contributed by atoms with Gasteiger partial charge in [0.15, 0.2) is 0 Å². The lowest BCUT2D eigenvalue weighted by molar-refractivity contribution is -0.122. The third-order valence-corrected chi connectivity index (χ3v) is 3.96. The molecule has 106 valence electrons. The molecule has 8 heteroatoms. The normalized spacial score (nSPS) is 11.4. The number of primary amides is 1. The molecule has 0 fully saturated rings. The number of rotatable bonds is 8. The Kier molecular flexibility index (Phi) is 6.23. The lowest BCUT2D eigenvalue weighted by Gasteiger charge is -2.07. The minimum atomic E-state index is -3.58. The highest BCUT2D eigenvalue weighted by molar-refractivity contribution is 7.89. The van der Waals surface area contributed by atoms with Crippen molar-refractivity contribution in [3.05, 3.63) is 29.8 Å². The summed E-state index contributed by atoms with van der Waals surface area (Å²) >= 11 is 5.62. The second-order valence-electron chi connectivity index (χ2n) is 3.69. The summed E-state index contributed by atoms with van der Waals surface area (Å²) in [6, 6.07) is 6.24. The fourth-order valence-corrected chi connectivity index (χ4v) is 2.45. The van der Waals surface area contributed by atoms with Crippen LogP contribution in [0.1, 0.15) is 5.56 Å². The average Bonchev–Trinajstić information content (AvgIpc) is 2.38. The van der Waals surface area contributed by atoms with Gasteiger partial charge in [-0.3, -0.25) is 4.79 Å². The van der Waals surface area contributed by atoms with Crippen LogP contribution in [0.15, 0.2) is 29.2 Å².